The highest BCUT2D eigenvalue weighted by Crippen LogP contribution is 2.55. The van der Waals surface area contributed by atoms with Crippen molar-refractivity contribution in [3.63, 3.8) is 0 Å². The molecule has 17 aromatic carbocycles. The zero-order chi connectivity index (χ0) is 95.9. The van der Waals surface area contributed by atoms with Gasteiger partial charge in [-0.25, -0.2) is 0 Å². The van der Waals surface area contributed by atoms with Gasteiger partial charge in [0, 0.05) is 34.7 Å². The molecule has 1 unspecified atom stereocenters. The molecular weight excluding hydrogens is 1770 g/mol. The van der Waals surface area contributed by atoms with Crippen molar-refractivity contribution in [1.29, 1.82) is 0 Å². The summed E-state index contributed by atoms with van der Waals surface area (Å²) in [5, 5.41) is 8.52. The normalized spacial score (nSPS) is 16.6. The fourth-order valence-corrected chi connectivity index (χ4v) is 31.6. The van der Waals surface area contributed by atoms with Crippen molar-refractivity contribution in [2.45, 2.75) is 237 Å². The number of hydrogen-bond acceptors (Lipinski definition) is 2. The highest BCUT2D eigenvalue weighted by atomic mass is 32.2. The number of allylic oxidation sites excluding steroid dienone is 3. The number of fused-ring (bicyclic) bond motifs is 3. The van der Waals surface area contributed by atoms with Crippen molar-refractivity contribution in [3.05, 3.63) is 476 Å². The predicted molar refractivity (Wildman–Crippen MR) is 594 cm³/mol. The van der Waals surface area contributed by atoms with Gasteiger partial charge < -0.3 is 9.47 Å². The zero-order valence-electron chi connectivity index (χ0n) is 82.9. The third kappa shape index (κ3) is 24.0. The van der Waals surface area contributed by atoms with Crippen LogP contribution < -0.4 is 4.74 Å². The molecule has 4 fully saturated rings. The maximum atomic E-state index is 6.43. The van der Waals surface area contributed by atoms with E-state index in [1.807, 2.05) is 0 Å². The average molecular weight is 1900 g/mol. The predicted octanol–water partition coefficient (Wildman–Crippen LogP) is 35.2. The van der Waals surface area contributed by atoms with E-state index in [9.17, 15) is 0 Å². The number of ether oxygens (including phenoxy) is 2. The summed E-state index contributed by atoms with van der Waals surface area (Å²) in [6.45, 7) is 32.0. The van der Waals surface area contributed by atoms with E-state index in [-0.39, 0.29) is 76.1 Å². The molecule has 0 N–H and O–H groups in total. The van der Waals surface area contributed by atoms with Crippen LogP contribution in [0.2, 0.25) is 0 Å². The van der Waals surface area contributed by atoms with E-state index in [0.29, 0.717) is 18.1 Å². The lowest BCUT2D eigenvalue weighted by molar-refractivity contribution is -0.155. The summed E-state index contributed by atoms with van der Waals surface area (Å²) in [6, 6.07) is 153. The van der Waals surface area contributed by atoms with Gasteiger partial charge in [0.2, 0.25) is 0 Å². The number of hydrogen-bond donors (Lipinski definition) is 0. The van der Waals surface area contributed by atoms with Gasteiger partial charge in [0.05, 0.1) is 60.6 Å². The second-order valence-electron chi connectivity index (χ2n) is 41.3. The molecule has 4 saturated carbocycles. The minimum atomic E-state index is -0.142. The molecule has 0 amide bonds. The van der Waals surface area contributed by atoms with Crippen LogP contribution in [0.15, 0.2) is 511 Å². The fraction of sp³-hybridized carbons (Fsp3) is 0.237. The molecular formula is C131H135O2S5+5. The molecule has 4 bridgehead atoms. The Balaban J connectivity index is 0.000000120. The molecule has 696 valence electrons. The van der Waals surface area contributed by atoms with Gasteiger partial charge in [-0.05, 0) is 305 Å². The molecule has 7 heteroatoms. The van der Waals surface area contributed by atoms with E-state index < -0.39 is 0 Å². The first-order valence-corrected chi connectivity index (χ1v) is 55.6. The van der Waals surface area contributed by atoms with E-state index in [0.717, 1.165) is 35.8 Å². The molecule has 5 aliphatic carbocycles. The van der Waals surface area contributed by atoms with Crippen LogP contribution in [-0.4, -0.2) is 18.1 Å². The van der Waals surface area contributed by atoms with Gasteiger partial charge >= 0.3 is 0 Å². The third-order valence-corrected chi connectivity index (χ3v) is 38.7. The van der Waals surface area contributed by atoms with E-state index >= 15 is 0 Å². The third-order valence-electron chi connectivity index (χ3n) is 27.2. The highest BCUT2D eigenvalue weighted by Gasteiger charge is 2.49. The first kappa shape index (κ1) is 98.1. The van der Waals surface area contributed by atoms with Crippen molar-refractivity contribution in [2.75, 3.05) is 6.79 Å². The molecule has 0 saturated heterocycles. The van der Waals surface area contributed by atoms with Gasteiger partial charge in [0.15, 0.2) is 80.6 Å². The monoisotopic (exact) mass is 1900 g/mol. The van der Waals surface area contributed by atoms with Gasteiger partial charge in [-0.2, -0.15) is 0 Å². The highest BCUT2D eigenvalue weighted by molar-refractivity contribution is 7.98. The van der Waals surface area contributed by atoms with E-state index in [4.69, 9.17) is 9.47 Å². The first-order chi connectivity index (χ1) is 66.8. The number of aryl methyl sites for hydroxylation is 2. The van der Waals surface area contributed by atoms with Crippen LogP contribution in [-0.2, 0) is 80.9 Å². The maximum Gasteiger partial charge on any atom is 0.189 e. The Labute approximate surface area is 838 Å². The lowest BCUT2D eigenvalue weighted by Crippen LogP contribution is -2.49. The van der Waals surface area contributed by atoms with Crippen LogP contribution in [0.3, 0.4) is 0 Å². The van der Waals surface area contributed by atoms with Crippen LogP contribution in [0.4, 0.5) is 0 Å². The minimum Gasteiger partial charge on any atom is -0.467 e. The van der Waals surface area contributed by atoms with E-state index in [2.05, 4.69) is 540 Å². The lowest BCUT2D eigenvalue weighted by atomic mass is 9.55. The average Bonchev–Trinajstić information content (AvgIpc) is 0.765. The molecule has 138 heavy (non-hydrogen) atoms. The van der Waals surface area contributed by atoms with E-state index in [1.54, 1.807) is 0 Å². The van der Waals surface area contributed by atoms with Gasteiger partial charge in [-0.15, -0.1) is 0 Å². The smallest absolute Gasteiger partial charge is 0.189 e. The topological polar surface area (TPSA) is 18.5 Å². The fourth-order valence-electron chi connectivity index (χ4n) is 20.2. The van der Waals surface area contributed by atoms with Gasteiger partial charge in [0.25, 0.3) is 0 Å². The largest absolute Gasteiger partial charge is 0.467 e. The quantitative estimate of drug-likeness (QED) is 0.0593. The Morgan fingerprint density at radius 2 is 0.529 bits per heavy atom. The summed E-state index contributed by atoms with van der Waals surface area (Å²) < 4.78 is 12.7. The summed E-state index contributed by atoms with van der Waals surface area (Å²) in [5.41, 5.74) is 8.59. The molecule has 0 radical (unpaired) electrons. The Bertz CT molecular complexity index is 6480. The molecule has 5 aliphatic rings. The second kappa shape index (κ2) is 44.8. The van der Waals surface area contributed by atoms with Gasteiger partial charge in [0.1, 0.15) is 5.75 Å². The lowest BCUT2D eigenvalue weighted by Gasteiger charge is -2.53. The summed E-state index contributed by atoms with van der Waals surface area (Å²) in [6.07, 6.45) is 17.6. The maximum absolute atomic E-state index is 6.43. The van der Waals surface area contributed by atoms with Crippen LogP contribution in [0.1, 0.15) is 155 Å². The standard InChI is InChI=1S/C31H35O2S.C30H39S.C26H21S.C22H17S.C22H23S/c1-21-13-29(34(27-9-5-3-6-10-27)28-11-7-4-8-12-28)14-22(2)30(21)32-20-33-31-25-16-23-15-24(18-25)19-26(31)17-23;1-28(2,3)22-10-16-25(17-11-22)31(26-18-12-23(13-19-26)29(4,5)6)27-20-14-24(15-21-27)30(7,8)9;1-2-14-22(15-3-1)27(25-18-8-12-20-10-4-6-16-23(20)25)26-19-9-13-21-11-5-7-17-24(21)26;1-3-12-19(13-4-1)23(20-14-5-2-6-15-20)22-17-9-11-18-10-7-8-16-21(18)22;1-22(2,3)18-14-16-21(17-15-18)23(19-10-6-4-7-11-19)20-12-8-5-9-13-20/h3-14,23-26,31H,15-20H2,1-2H3;10-21H,1-9H3;1-14,16-19,22H,15H2;1-17H;4-17H,1-3H3/q5*+1. The van der Waals surface area contributed by atoms with Crippen LogP contribution >= 0.6 is 0 Å². The molecule has 0 spiro atoms. The SMILES string of the molecule is C1=CCC([S+](c2cccc3ccccc23)c2cccc3ccccc23)C=C1.CC(C)(C)c1ccc([S+](c2ccc(C(C)(C)C)cc2)c2ccc(C(C)(C)C)cc2)cc1.CC(C)(C)c1ccc([S+](c2ccccc2)c2ccccc2)cc1.Cc1cc([S+](c2ccccc2)c2ccccc2)cc(C)c1OCOC1C2CC3CC(C2)CC1C3.c1ccc([S+](c2ccccc2)c2cccc3ccccc23)cc1. The van der Waals surface area contributed by atoms with Crippen LogP contribution in [0.5, 0.6) is 5.75 Å². The summed E-state index contributed by atoms with van der Waals surface area (Å²) in [5.74, 6) is 4.47. The molecule has 17 aromatic rings. The molecule has 22 rings (SSSR count). The Morgan fingerprint density at radius 3 is 0.833 bits per heavy atom. The molecule has 0 heterocycles. The van der Waals surface area contributed by atoms with Crippen LogP contribution in [0, 0.1) is 37.5 Å². The number of benzene rings is 17. The zero-order valence-corrected chi connectivity index (χ0v) is 87.0. The molecule has 0 aromatic heterocycles. The first-order valence-electron chi connectivity index (χ1n) is 49.4. The summed E-state index contributed by atoms with van der Waals surface area (Å²) in [7, 11) is -0.426. The van der Waals surface area contributed by atoms with Crippen molar-refractivity contribution < 1.29 is 9.47 Å². The number of rotatable bonds is 19. The van der Waals surface area contributed by atoms with Gasteiger partial charge in [-0.1, -0.05) is 350 Å². The van der Waals surface area contributed by atoms with Crippen molar-refractivity contribution >= 4 is 86.8 Å². The van der Waals surface area contributed by atoms with Crippen molar-refractivity contribution in [3.8, 4) is 5.75 Å². The van der Waals surface area contributed by atoms with Crippen molar-refractivity contribution in [1.82, 2.24) is 0 Å². The minimum absolute atomic E-state index is 0.0249. The summed E-state index contributed by atoms with van der Waals surface area (Å²) >= 11 is 0. The van der Waals surface area contributed by atoms with Crippen molar-refractivity contribution in [2.24, 2.45) is 23.7 Å². The molecule has 0 aliphatic heterocycles. The molecule has 2 nitrogen and oxygen atoms in total. The Hall–Kier alpha value is -11.5. The van der Waals surface area contributed by atoms with Gasteiger partial charge in [-0.3, -0.25) is 0 Å². The van der Waals surface area contributed by atoms with Crippen LogP contribution in [0.25, 0.3) is 32.3 Å². The Morgan fingerprint density at radius 1 is 0.261 bits per heavy atom. The second-order valence-corrected chi connectivity index (χ2v) is 51.5. The summed E-state index contributed by atoms with van der Waals surface area (Å²) in [4.78, 5) is 19.2. The molecule has 1 atom stereocenters. The van der Waals surface area contributed by atoms with E-state index in [1.165, 1.54) is 166 Å². The Kier molecular flexibility index (Phi) is 31.8.